The monoisotopic (exact) mass is 331 g/mol. The van der Waals surface area contributed by atoms with Gasteiger partial charge in [0.1, 0.15) is 0 Å². The van der Waals surface area contributed by atoms with E-state index in [2.05, 4.69) is 10.4 Å². The summed E-state index contributed by atoms with van der Waals surface area (Å²) in [6, 6.07) is 5.21. The number of nitrogens with zero attached hydrogens (tertiary/aromatic N) is 2. The predicted molar refractivity (Wildman–Crippen MR) is 91.0 cm³/mol. The standard InChI is InChI=1S/C17H21N3O2S/c1-12(18-17(22)15-8-5-9-23-15)11-20-16(21)10-13-6-3-2-4-7-14(13)19-20/h5,8-10,12H,2-4,6-7,11H2,1H3,(H,18,22)/t12-/m1/s1. The third kappa shape index (κ3) is 3.88. The zero-order valence-corrected chi connectivity index (χ0v) is 14.1. The van der Waals surface area contributed by atoms with Gasteiger partial charge in [-0.25, -0.2) is 4.68 Å². The number of nitrogens with one attached hydrogen (secondary N) is 1. The summed E-state index contributed by atoms with van der Waals surface area (Å²) in [4.78, 5) is 25.0. The molecular formula is C17H21N3O2S. The second-order valence-corrected chi connectivity index (χ2v) is 7.00. The summed E-state index contributed by atoms with van der Waals surface area (Å²) in [6.07, 6.45) is 5.33. The normalized spacial score (nSPS) is 15.5. The lowest BCUT2D eigenvalue weighted by Crippen LogP contribution is -2.39. The molecule has 0 radical (unpaired) electrons. The summed E-state index contributed by atoms with van der Waals surface area (Å²) in [5.74, 6) is -0.102. The molecule has 0 saturated carbocycles. The first-order valence-corrected chi connectivity index (χ1v) is 8.96. The predicted octanol–water partition coefficient (Wildman–Crippen LogP) is 2.39. The van der Waals surface area contributed by atoms with Crippen molar-refractivity contribution in [2.45, 2.75) is 51.6 Å². The Morgan fingerprint density at radius 1 is 1.39 bits per heavy atom. The number of rotatable bonds is 4. The molecule has 0 bridgehead atoms. The van der Waals surface area contributed by atoms with E-state index >= 15 is 0 Å². The molecule has 2 aromatic heterocycles. The van der Waals surface area contributed by atoms with Gasteiger partial charge in [0, 0.05) is 12.1 Å². The van der Waals surface area contributed by atoms with E-state index < -0.39 is 0 Å². The Balaban J connectivity index is 1.71. The van der Waals surface area contributed by atoms with Crippen LogP contribution in [0.4, 0.5) is 0 Å². The highest BCUT2D eigenvalue weighted by atomic mass is 32.1. The molecule has 1 amide bonds. The number of carbonyl (C=O) groups excluding carboxylic acids is 1. The van der Waals surface area contributed by atoms with Crippen molar-refractivity contribution >= 4 is 17.2 Å². The first-order valence-electron chi connectivity index (χ1n) is 8.08. The molecule has 2 heterocycles. The maximum Gasteiger partial charge on any atom is 0.267 e. The van der Waals surface area contributed by atoms with Gasteiger partial charge >= 0.3 is 0 Å². The molecule has 5 nitrogen and oxygen atoms in total. The second-order valence-electron chi connectivity index (χ2n) is 6.05. The van der Waals surface area contributed by atoms with Crippen LogP contribution in [0.2, 0.25) is 0 Å². The zero-order chi connectivity index (χ0) is 16.2. The number of thiophene rings is 1. The van der Waals surface area contributed by atoms with Gasteiger partial charge < -0.3 is 5.32 Å². The van der Waals surface area contributed by atoms with Crippen LogP contribution in [-0.4, -0.2) is 21.7 Å². The van der Waals surface area contributed by atoms with Crippen LogP contribution >= 0.6 is 11.3 Å². The third-order valence-electron chi connectivity index (χ3n) is 4.09. The molecular weight excluding hydrogens is 310 g/mol. The highest BCUT2D eigenvalue weighted by molar-refractivity contribution is 7.12. The first kappa shape index (κ1) is 15.9. The van der Waals surface area contributed by atoms with Gasteiger partial charge in [-0.3, -0.25) is 9.59 Å². The molecule has 0 aliphatic heterocycles. The molecule has 0 saturated heterocycles. The third-order valence-corrected chi connectivity index (χ3v) is 4.96. The van der Waals surface area contributed by atoms with Crippen molar-refractivity contribution in [1.29, 1.82) is 0 Å². The molecule has 23 heavy (non-hydrogen) atoms. The van der Waals surface area contributed by atoms with Crippen LogP contribution in [0.15, 0.2) is 28.4 Å². The van der Waals surface area contributed by atoms with Crippen LogP contribution in [0.25, 0.3) is 0 Å². The average molecular weight is 331 g/mol. The molecule has 3 rings (SSSR count). The van der Waals surface area contributed by atoms with E-state index in [4.69, 9.17) is 0 Å². The lowest BCUT2D eigenvalue weighted by molar-refractivity contribution is 0.0939. The largest absolute Gasteiger partial charge is 0.347 e. The lowest BCUT2D eigenvalue weighted by Gasteiger charge is -2.15. The second kappa shape index (κ2) is 7.08. The lowest BCUT2D eigenvalue weighted by atomic mass is 10.1. The van der Waals surface area contributed by atoms with Crippen LogP contribution in [0, 0.1) is 0 Å². The maximum absolute atomic E-state index is 12.2. The zero-order valence-electron chi connectivity index (χ0n) is 13.2. The number of aromatic nitrogens is 2. The minimum Gasteiger partial charge on any atom is -0.347 e. The van der Waals surface area contributed by atoms with E-state index in [1.54, 1.807) is 12.1 Å². The van der Waals surface area contributed by atoms with Gasteiger partial charge in [-0.15, -0.1) is 11.3 Å². The first-order chi connectivity index (χ1) is 11.1. The van der Waals surface area contributed by atoms with Crippen molar-refractivity contribution in [2.24, 2.45) is 0 Å². The molecule has 0 aromatic carbocycles. The quantitative estimate of drug-likeness (QED) is 0.875. The fraction of sp³-hybridized carbons (Fsp3) is 0.471. The van der Waals surface area contributed by atoms with Crippen molar-refractivity contribution in [3.63, 3.8) is 0 Å². The molecule has 1 N–H and O–H groups in total. The Morgan fingerprint density at radius 3 is 3.00 bits per heavy atom. The van der Waals surface area contributed by atoms with Crippen molar-refractivity contribution in [3.05, 3.63) is 50.1 Å². The minimum atomic E-state index is -0.154. The van der Waals surface area contributed by atoms with Crippen LogP contribution in [0.5, 0.6) is 0 Å². The molecule has 0 spiro atoms. The Hall–Kier alpha value is -1.95. The van der Waals surface area contributed by atoms with Crippen LogP contribution in [0.3, 0.4) is 0 Å². The maximum atomic E-state index is 12.2. The van der Waals surface area contributed by atoms with E-state index in [9.17, 15) is 9.59 Å². The Labute approximate surface area is 139 Å². The number of hydrogen-bond donors (Lipinski definition) is 1. The van der Waals surface area contributed by atoms with Crippen LogP contribution in [0.1, 0.15) is 47.1 Å². The SMILES string of the molecule is C[C@H](Cn1nc2c(cc1=O)CCCCC2)NC(=O)c1cccs1. The van der Waals surface area contributed by atoms with E-state index in [1.807, 2.05) is 18.4 Å². The van der Waals surface area contributed by atoms with Crippen molar-refractivity contribution < 1.29 is 4.79 Å². The van der Waals surface area contributed by atoms with Gasteiger partial charge in [-0.1, -0.05) is 12.5 Å². The van der Waals surface area contributed by atoms with E-state index in [1.165, 1.54) is 22.4 Å². The number of amides is 1. The van der Waals surface area contributed by atoms with Gasteiger partial charge in [-0.2, -0.15) is 5.10 Å². The number of fused-ring (bicyclic) bond motifs is 1. The van der Waals surface area contributed by atoms with Gasteiger partial charge in [0.05, 0.1) is 17.1 Å². The van der Waals surface area contributed by atoms with Gasteiger partial charge in [0.15, 0.2) is 0 Å². The van der Waals surface area contributed by atoms with Gasteiger partial charge in [-0.05, 0) is 49.6 Å². The summed E-state index contributed by atoms with van der Waals surface area (Å²) in [5, 5.41) is 9.33. The molecule has 2 aromatic rings. The topological polar surface area (TPSA) is 64.0 Å². The van der Waals surface area contributed by atoms with E-state index in [-0.39, 0.29) is 17.5 Å². The molecule has 6 heteroatoms. The Kier molecular flexibility index (Phi) is 4.91. The van der Waals surface area contributed by atoms with Crippen LogP contribution < -0.4 is 10.9 Å². The summed E-state index contributed by atoms with van der Waals surface area (Å²) in [6.45, 7) is 2.29. The molecule has 1 aliphatic carbocycles. The fourth-order valence-electron chi connectivity index (χ4n) is 2.92. The number of hydrogen-bond acceptors (Lipinski definition) is 4. The summed E-state index contributed by atoms with van der Waals surface area (Å²) < 4.78 is 1.49. The number of aryl methyl sites for hydroxylation is 2. The Bertz CT molecular complexity index is 737. The van der Waals surface area contributed by atoms with Crippen molar-refractivity contribution in [1.82, 2.24) is 15.1 Å². The molecule has 0 fully saturated rings. The molecule has 1 atom stereocenters. The fourth-order valence-corrected chi connectivity index (χ4v) is 3.54. The average Bonchev–Trinajstić information content (AvgIpc) is 2.96. The van der Waals surface area contributed by atoms with Crippen LogP contribution in [-0.2, 0) is 19.4 Å². The van der Waals surface area contributed by atoms with Gasteiger partial charge in [0.2, 0.25) is 0 Å². The van der Waals surface area contributed by atoms with E-state index in [0.717, 1.165) is 36.9 Å². The summed E-state index contributed by atoms with van der Waals surface area (Å²) in [7, 11) is 0. The summed E-state index contributed by atoms with van der Waals surface area (Å²) >= 11 is 1.41. The highest BCUT2D eigenvalue weighted by Crippen LogP contribution is 2.16. The smallest absolute Gasteiger partial charge is 0.267 e. The van der Waals surface area contributed by atoms with Gasteiger partial charge in [0.25, 0.3) is 11.5 Å². The number of carbonyl (C=O) groups is 1. The van der Waals surface area contributed by atoms with E-state index in [0.29, 0.717) is 11.4 Å². The summed E-state index contributed by atoms with van der Waals surface area (Å²) in [5.41, 5.74) is 2.06. The highest BCUT2D eigenvalue weighted by Gasteiger charge is 2.15. The molecule has 0 unspecified atom stereocenters. The minimum absolute atomic E-state index is 0.0807. The Morgan fingerprint density at radius 2 is 2.22 bits per heavy atom. The van der Waals surface area contributed by atoms with Crippen molar-refractivity contribution in [3.8, 4) is 0 Å². The molecule has 122 valence electrons. The molecule has 1 aliphatic rings. The van der Waals surface area contributed by atoms with Crippen molar-refractivity contribution in [2.75, 3.05) is 0 Å².